The second-order valence-electron chi connectivity index (χ2n) is 9.59. The Morgan fingerprint density at radius 2 is 1.85 bits per heavy atom. The summed E-state index contributed by atoms with van der Waals surface area (Å²) in [5, 5.41) is 2.72. The number of benzene rings is 1. The van der Waals surface area contributed by atoms with Crippen molar-refractivity contribution in [3.8, 4) is 0 Å². The van der Waals surface area contributed by atoms with E-state index in [1.165, 1.54) is 0 Å². The molecule has 184 valence electrons. The first-order chi connectivity index (χ1) is 15.8. The molecule has 1 aliphatic carbocycles. The Morgan fingerprint density at radius 1 is 1.21 bits per heavy atom. The number of rotatable bonds is 11. The van der Waals surface area contributed by atoms with E-state index in [1.807, 2.05) is 13.0 Å². The number of hydrogen-bond acceptors (Lipinski definition) is 3. The number of hydrogen-bond donors (Lipinski definition) is 1. The first-order valence-corrected chi connectivity index (χ1v) is 11.6. The second kappa shape index (κ2) is 11.3. The van der Waals surface area contributed by atoms with Gasteiger partial charge in [0.1, 0.15) is 5.82 Å². The first kappa shape index (κ1) is 27.1. The minimum Gasteiger partial charge on any atom is -0.369 e. The van der Waals surface area contributed by atoms with Crippen molar-refractivity contribution in [1.29, 1.82) is 0 Å². The quantitative estimate of drug-likeness (QED) is 0.377. The molecule has 0 saturated heterocycles. The van der Waals surface area contributed by atoms with E-state index in [0.717, 1.165) is 24.2 Å². The Morgan fingerprint density at radius 3 is 2.44 bits per heavy atom. The summed E-state index contributed by atoms with van der Waals surface area (Å²) in [4.78, 5) is 28.6. The molecule has 1 fully saturated rings. The van der Waals surface area contributed by atoms with E-state index in [-0.39, 0.29) is 35.8 Å². The highest BCUT2D eigenvalue weighted by atomic mass is 19.1. The summed E-state index contributed by atoms with van der Waals surface area (Å²) in [6, 6.07) is 5.29. The average molecular weight is 468 g/mol. The van der Waals surface area contributed by atoms with Crippen LogP contribution in [0.3, 0.4) is 0 Å². The third kappa shape index (κ3) is 6.69. The molecule has 1 aliphatic rings. The van der Waals surface area contributed by atoms with Crippen molar-refractivity contribution >= 4 is 11.8 Å². The minimum absolute atomic E-state index is 0.0729. The minimum atomic E-state index is -0.395. The van der Waals surface area contributed by atoms with E-state index >= 15 is 0 Å². The number of carbonyl (C=O) groups is 2. The Labute approximate surface area is 203 Å². The van der Waals surface area contributed by atoms with Gasteiger partial charge in [0.25, 0.3) is 5.91 Å². The lowest BCUT2D eigenvalue weighted by Crippen LogP contribution is -2.33. The highest BCUT2D eigenvalue weighted by molar-refractivity contribution is 5.98. The summed E-state index contributed by atoms with van der Waals surface area (Å²) in [5.41, 5.74) is 3.25. The van der Waals surface area contributed by atoms with Crippen molar-refractivity contribution in [2.24, 2.45) is 11.8 Å². The van der Waals surface area contributed by atoms with Gasteiger partial charge in [0.05, 0.1) is 0 Å². The number of halogens is 1. The first-order valence-electron chi connectivity index (χ1n) is 11.6. The van der Waals surface area contributed by atoms with Crippen LogP contribution in [0.4, 0.5) is 4.39 Å². The molecule has 2 atom stereocenters. The Kier molecular flexibility index (Phi) is 9.02. The third-order valence-electron chi connectivity index (χ3n) is 6.31. The van der Waals surface area contributed by atoms with Gasteiger partial charge in [0, 0.05) is 56.0 Å². The van der Waals surface area contributed by atoms with Crippen LogP contribution in [0.25, 0.3) is 0 Å². The summed E-state index contributed by atoms with van der Waals surface area (Å²) in [6.45, 7) is 20.7. The maximum absolute atomic E-state index is 14.2. The van der Waals surface area contributed by atoms with Crippen molar-refractivity contribution in [2.45, 2.75) is 46.7 Å². The zero-order chi connectivity index (χ0) is 25.7. The van der Waals surface area contributed by atoms with Gasteiger partial charge >= 0.3 is 0 Å². The van der Waals surface area contributed by atoms with Gasteiger partial charge < -0.3 is 15.1 Å². The monoisotopic (exact) mass is 467 g/mol. The number of amides is 2. The van der Waals surface area contributed by atoms with Crippen LogP contribution >= 0.6 is 0 Å². The highest BCUT2D eigenvalue weighted by Crippen LogP contribution is 2.41. The second-order valence-corrected chi connectivity index (χ2v) is 9.59. The van der Waals surface area contributed by atoms with Gasteiger partial charge in [0.2, 0.25) is 5.91 Å². The van der Waals surface area contributed by atoms with Gasteiger partial charge in [0.15, 0.2) is 0 Å². The summed E-state index contributed by atoms with van der Waals surface area (Å²) in [7, 11) is 3.57. The molecular formula is C28H38FN3O2. The predicted molar refractivity (Wildman–Crippen MR) is 136 cm³/mol. The number of aryl methyl sites for hydroxylation is 1. The van der Waals surface area contributed by atoms with E-state index in [2.05, 4.69) is 43.8 Å². The van der Waals surface area contributed by atoms with E-state index in [1.54, 1.807) is 44.1 Å². The van der Waals surface area contributed by atoms with Crippen molar-refractivity contribution < 1.29 is 14.0 Å². The van der Waals surface area contributed by atoms with E-state index in [4.69, 9.17) is 0 Å². The molecule has 1 saturated carbocycles. The van der Waals surface area contributed by atoms with Gasteiger partial charge in [-0.05, 0) is 62.8 Å². The molecule has 0 spiro atoms. The molecule has 0 unspecified atom stereocenters. The molecule has 1 aromatic rings. The lowest BCUT2D eigenvalue weighted by molar-refractivity contribution is -0.130. The fourth-order valence-electron chi connectivity index (χ4n) is 3.92. The molecule has 0 bridgehead atoms. The largest absolute Gasteiger partial charge is 0.369 e. The molecule has 0 aliphatic heterocycles. The molecule has 0 aromatic heterocycles. The van der Waals surface area contributed by atoms with Crippen LogP contribution in [0.5, 0.6) is 0 Å². The molecule has 1 aromatic carbocycles. The van der Waals surface area contributed by atoms with Crippen LogP contribution in [0.1, 0.15) is 38.3 Å². The standard InChI is InChI=1S/C28H38FN3O2/c1-17(2)32(16-24-14-25(24)28(34)31(8)9)20(5)13-19(4)21(6)22(7)27(33)30-15-23-12-10-11-18(3)26(23)29/h10-13,17,24-25H,5-7,14-16H2,1-4,8-9H3,(H,30,33)/b19-13+/t24-,25-/m0/s1. The van der Waals surface area contributed by atoms with Crippen LogP contribution in [-0.2, 0) is 16.1 Å². The average Bonchev–Trinajstić information content (AvgIpc) is 3.55. The van der Waals surface area contributed by atoms with Crippen molar-refractivity contribution in [1.82, 2.24) is 15.1 Å². The molecule has 2 rings (SSSR count). The Balaban J connectivity index is 1.99. The molecule has 0 heterocycles. The maximum Gasteiger partial charge on any atom is 0.251 e. The maximum atomic E-state index is 14.2. The topological polar surface area (TPSA) is 52.7 Å². The molecule has 6 heteroatoms. The summed E-state index contributed by atoms with van der Waals surface area (Å²) in [6.07, 6.45) is 2.79. The third-order valence-corrected chi connectivity index (χ3v) is 6.31. The molecule has 34 heavy (non-hydrogen) atoms. The summed E-state index contributed by atoms with van der Waals surface area (Å²) >= 11 is 0. The van der Waals surface area contributed by atoms with E-state index in [9.17, 15) is 14.0 Å². The number of allylic oxidation sites excluding steroid dienone is 2. The van der Waals surface area contributed by atoms with Gasteiger partial charge in [-0.25, -0.2) is 4.39 Å². The van der Waals surface area contributed by atoms with Crippen molar-refractivity contribution in [3.05, 3.63) is 83.4 Å². The number of carbonyl (C=O) groups excluding carboxylic acids is 2. The smallest absolute Gasteiger partial charge is 0.251 e. The normalized spacial score (nSPS) is 17.2. The SMILES string of the molecule is C=C(C(=C)/C(C)=C/C(=C)N(C[C@@H]1C[C@@H]1C(=O)N(C)C)C(C)C)C(=O)NCc1cccc(C)c1F. The lowest BCUT2D eigenvalue weighted by Gasteiger charge is -2.30. The molecule has 1 N–H and O–H groups in total. The van der Waals surface area contributed by atoms with Gasteiger partial charge in [-0.15, -0.1) is 0 Å². The van der Waals surface area contributed by atoms with Crippen molar-refractivity contribution in [2.75, 3.05) is 20.6 Å². The predicted octanol–water partition coefficient (Wildman–Crippen LogP) is 4.76. The number of nitrogens with zero attached hydrogens (tertiary/aromatic N) is 2. The van der Waals surface area contributed by atoms with Crippen molar-refractivity contribution in [3.63, 3.8) is 0 Å². The van der Waals surface area contributed by atoms with E-state index < -0.39 is 5.91 Å². The summed E-state index contributed by atoms with van der Waals surface area (Å²) < 4.78 is 14.2. The Bertz CT molecular complexity index is 1020. The van der Waals surface area contributed by atoms with Gasteiger partial charge in [-0.3, -0.25) is 9.59 Å². The fourth-order valence-corrected chi connectivity index (χ4v) is 3.92. The van der Waals surface area contributed by atoms with Crippen LogP contribution in [0, 0.1) is 24.6 Å². The van der Waals surface area contributed by atoms with Gasteiger partial charge in [-0.2, -0.15) is 0 Å². The molecule has 0 radical (unpaired) electrons. The molecular weight excluding hydrogens is 429 g/mol. The van der Waals surface area contributed by atoms with Crippen LogP contribution in [0.15, 0.2) is 66.4 Å². The summed E-state index contributed by atoms with van der Waals surface area (Å²) in [5.74, 6) is -0.154. The lowest BCUT2D eigenvalue weighted by atomic mass is 10.00. The fraction of sp³-hybridized carbons (Fsp3) is 0.429. The Hall–Kier alpha value is -3.15. The van der Waals surface area contributed by atoms with Crippen LogP contribution in [0.2, 0.25) is 0 Å². The van der Waals surface area contributed by atoms with Crippen LogP contribution < -0.4 is 5.32 Å². The zero-order valence-corrected chi connectivity index (χ0v) is 21.4. The van der Waals surface area contributed by atoms with E-state index in [0.29, 0.717) is 22.6 Å². The zero-order valence-electron chi connectivity index (χ0n) is 21.4. The number of nitrogens with one attached hydrogen (secondary N) is 1. The molecule has 5 nitrogen and oxygen atoms in total. The molecule has 2 amide bonds. The van der Waals surface area contributed by atoms with Crippen LogP contribution in [-0.4, -0.2) is 48.3 Å². The highest BCUT2D eigenvalue weighted by Gasteiger charge is 2.44. The van der Waals surface area contributed by atoms with Gasteiger partial charge in [-0.1, -0.05) is 37.9 Å².